The summed E-state index contributed by atoms with van der Waals surface area (Å²) in [6.45, 7) is 3.77. The molecule has 0 bridgehead atoms. The van der Waals surface area contributed by atoms with Crippen LogP contribution in [0.4, 0.5) is 0 Å². The lowest BCUT2D eigenvalue weighted by Crippen LogP contribution is -2.17. The molecular formula is C14H12N2O4S. The fourth-order valence-electron chi connectivity index (χ4n) is 2.53. The maximum atomic E-state index is 12.0. The third-order valence-corrected chi connectivity index (χ3v) is 4.74. The van der Waals surface area contributed by atoms with Crippen molar-refractivity contribution in [3.05, 3.63) is 39.4 Å². The molecule has 21 heavy (non-hydrogen) atoms. The van der Waals surface area contributed by atoms with Crippen molar-refractivity contribution in [1.29, 1.82) is 0 Å². The Balaban J connectivity index is 2.60. The zero-order valence-electron chi connectivity index (χ0n) is 11.6. The fraction of sp³-hybridized carbons (Fsp3) is 0.214. The Morgan fingerprint density at radius 2 is 2.14 bits per heavy atom. The van der Waals surface area contributed by atoms with Crippen molar-refractivity contribution in [2.75, 3.05) is 7.11 Å². The van der Waals surface area contributed by atoms with Crippen LogP contribution in [-0.4, -0.2) is 27.6 Å². The molecule has 1 aromatic carbocycles. The van der Waals surface area contributed by atoms with Crippen molar-refractivity contribution in [3.63, 3.8) is 0 Å². The number of aryl methyl sites for hydroxylation is 2. The van der Waals surface area contributed by atoms with Gasteiger partial charge in [-0.05, 0) is 25.5 Å². The summed E-state index contributed by atoms with van der Waals surface area (Å²) in [6, 6.07) is 1.82. The van der Waals surface area contributed by atoms with Crippen LogP contribution in [0.15, 0.2) is 17.1 Å². The van der Waals surface area contributed by atoms with E-state index in [1.54, 1.807) is 7.11 Å². The van der Waals surface area contributed by atoms with Crippen LogP contribution in [0.5, 0.6) is 5.75 Å². The molecular weight excluding hydrogens is 292 g/mol. The van der Waals surface area contributed by atoms with Crippen molar-refractivity contribution < 1.29 is 14.6 Å². The minimum Gasteiger partial charge on any atom is -0.496 e. The zero-order valence-corrected chi connectivity index (χ0v) is 12.4. The second-order valence-electron chi connectivity index (χ2n) is 4.70. The number of aromatic nitrogens is 2. The maximum absolute atomic E-state index is 12.0. The Hall–Kier alpha value is -2.41. The molecule has 0 saturated carbocycles. The molecule has 2 aromatic heterocycles. The number of ether oxygens (including phenoxy) is 1. The second-order valence-corrected chi connectivity index (χ2v) is 5.70. The standard InChI is InChI=1S/C14H12N2O4S/c1-6-4-9-11(7(2)10(6)20-3)21-12-8(13(17)18)5-15-14(19)16(9)12/h4-5H,1-3H3,(H,17,18). The third-order valence-electron chi connectivity index (χ3n) is 3.43. The molecule has 0 aliphatic heterocycles. The number of hydrogen-bond acceptors (Lipinski definition) is 5. The van der Waals surface area contributed by atoms with Gasteiger partial charge >= 0.3 is 11.7 Å². The summed E-state index contributed by atoms with van der Waals surface area (Å²) in [5.41, 5.74) is 1.97. The predicted octanol–water partition coefficient (Wildman–Crippen LogP) is 2.23. The zero-order chi connectivity index (χ0) is 15.3. The van der Waals surface area contributed by atoms with Crippen LogP contribution in [0, 0.1) is 13.8 Å². The predicted molar refractivity (Wildman–Crippen MR) is 79.8 cm³/mol. The van der Waals surface area contributed by atoms with E-state index in [9.17, 15) is 14.7 Å². The molecule has 3 rings (SSSR count). The average molecular weight is 304 g/mol. The summed E-state index contributed by atoms with van der Waals surface area (Å²) >= 11 is 1.26. The van der Waals surface area contributed by atoms with E-state index in [1.165, 1.54) is 15.7 Å². The van der Waals surface area contributed by atoms with E-state index >= 15 is 0 Å². The van der Waals surface area contributed by atoms with Crippen LogP contribution < -0.4 is 10.4 Å². The maximum Gasteiger partial charge on any atom is 0.353 e. The lowest BCUT2D eigenvalue weighted by molar-refractivity contribution is 0.0698. The SMILES string of the molecule is COc1c(C)cc2c(sc3c(C(=O)O)cnc(=O)n32)c1C. The molecule has 2 heterocycles. The average Bonchev–Trinajstić information content (AvgIpc) is 2.79. The summed E-state index contributed by atoms with van der Waals surface area (Å²) in [5, 5.41) is 9.25. The van der Waals surface area contributed by atoms with E-state index in [2.05, 4.69) is 4.98 Å². The van der Waals surface area contributed by atoms with Crippen LogP contribution in [0.2, 0.25) is 0 Å². The van der Waals surface area contributed by atoms with Gasteiger partial charge in [0.05, 0.1) is 23.5 Å². The Kier molecular flexibility index (Phi) is 2.94. The summed E-state index contributed by atoms with van der Waals surface area (Å²) < 4.78 is 7.55. The van der Waals surface area contributed by atoms with Gasteiger partial charge in [0.2, 0.25) is 0 Å². The molecule has 7 heteroatoms. The number of nitrogens with zero attached hydrogens (tertiary/aromatic N) is 2. The van der Waals surface area contributed by atoms with E-state index in [1.807, 2.05) is 19.9 Å². The first-order chi connectivity index (χ1) is 9.95. The number of benzene rings is 1. The van der Waals surface area contributed by atoms with Crippen LogP contribution in [0.1, 0.15) is 21.5 Å². The van der Waals surface area contributed by atoms with Gasteiger partial charge < -0.3 is 9.84 Å². The van der Waals surface area contributed by atoms with E-state index in [0.29, 0.717) is 10.3 Å². The van der Waals surface area contributed by atoms with Gasteiger partial charge in [0.25, 0.3) is 0 Å². The van der Waals surface area contributed by atoms with Crippen molar-refractivity contribution in [3.8, 4) is 5.75 Å². The summed E-state index contributed by atoms with van der Waals surface area (Å²) in [6.07, 6.45) is 1.11. The normalized spacial score (nSPS) is 11.2. The highest BCUT2D eigenvalue weighted by atomic mass is 32.1. The number of rotatable bonds is 2. The van der Waals surface area contributed by atoms with Gasteiger partial charge in [-0.15, -0.1) is 11.3 Å². The number of carboxylic acids is 1. The lowest BCUT2D eigenvalue weighted by Gasteiger charge is -2.08. The molecule has 0 atom stereocenters. The van der Waals surface area contributed by atoms with E-state index in [0.717, 1.165) is 27.8 Å². The Morgan fingerprint density at radius 1 is 1.43 bits per heavy atom. The number of methoxy groups -OCH3 is 1. The van der Waals surface area contributed by atoms with Gasteiger partial charge in [-0.25, -0.2) is 19.0 Å². The highest BCUT2D eigenvalue weighted by molar-refractivity contribution is 7.24. The number of hydrogen-bond donors (Lipinski definition) is 1. The quantitative estimate of drug-likeness (QED) is 0.785. The molecule has 0 aliphatic rings. The summed E-state index contributed by atoms with van der Waals surface area (Å²) in [5.74, 6) is -0.361. The number of aromatic carboxylic acids is 1. The van der Waals surface area contributed by atoms with Crippen molar-refractivity contribution in [1.82, 2.24) is 9.38 Å². The first-order valence-electron chi connectivity index (χ1n) is 6.17. The molecule has 3 aromatic rings. The van der Waals surface area contributed by atoms with Crippen molar-refractivity contribution in [2.24, 2.45) is 0 Å². The minimum absolute atomic E-state index is 0.0202. The Bertz CT molecular complexity index is 955. The molecule has 0 amide bonds. The molecule has 0 spiro atoms. The van der Waals surface area contributed by atoms with E-state index < -0.39 is 11.7 Å². The highest BCUT2D eigenvalue weighted by Crippen LogP contribution is 2.36. The third kappa shape index (κ3) is 1.81. The summed E-state index contributed by atoms with van der Waals surface area (Å²) in [4.78, 5) is 27.4. The largest absolute Gasteiger partial charge is 0.496 e. The second kappa shape index (κ2) is 4.56. The molecule has 0 fully saturated rings. The molecule has 0 aliphatic carbocycles. The van der Waals surface area contributed by atoms with Gasteiger partial charge in [-0.1, -0.05) is 0 Å². The van der Waals surface area contributed by atoms with E-state index in [-0.39, 0.29) is 5.56 Å². The molecule has 6 nitrogen and oxygen atoms in total. The van der Waals surface area contributed by atoms with Crippen molar-refractivity contribution >= 4 is 32.4 Å². The molecule has 0 saturated heterocycles. The number of carboxylic acid groups (broad SMARTS) is 1. The summed E-state index contributed by atoms with van der Waals surface area (Å²) in [7, 11) is 1.59. The fourth-order valence-corrected chi connectivity index (χ4v) is 3.74. The molecule has 1 N–H and O–H groups in total. The molecule has 0 unspecified atom stereocenters. The van der Waals surface area contributed by atoms with Crippen molar-refractivity contribution in [2.45, 2.75) is 13.8 Å². The minimum atomic E-state index is -1.10. The topological polar surface area (TPSA) is 80.9 Å². The molecule has 108 valence electrons. The van der Waals surface area contributed by atoms with Gasteiger partial charge in [0.15, 0.2) is 0 Å². The van der Waals surface area contributed by atoms with E-state index in [4.69, 9.17) is 4.74 Å². The lowest BCUT2D eigenvalue weighted by atomic mass is 10.1. The van der Waals surface area contributed by atoms with Gasteiger partial charge in [0.1, 0.15) is 16.1 Å². The first-order valence-corrected chi connectivity index (χ1v) is 6.99. The van der Waals surface area contributed by atoms with Gasteiger partial charge in [0, 0.05) is 5.56 Å². The number of thiazole rings is 1. The van der Waals surface area contributed by atoms with Gasteiger partial charge in [-0.2, -0.15) is 0 Å². The number of fused-ring (bicyclic) bond motifs is 3. The molecule has 0 radical (unpaired) electrons. The Morgan fingerprint density at radius 3 is 2.76 bits per heavy atom. The van der Waals surface area contributed by atoms with Crippen LogP contribution in [0.3, 0.4) is 0 Å². The smallest absolute Gasteiger partial charge is 0.353 e. The van der Waals surface area contributed by atoms with Gasteiger partial charge in [-0.3, -0.25) is 0 Å². The van der Waals surface area contributed by atoms with Crippen LogP contribution in [0.25, 0.3) is 15.0 Å². The van der Waals surface area contributed by atoms with Crippen LogP contribution >= 0.6 is 11.3 Å². The number of carbonyl (C=O) groups is 1. The monoisotopic (exact) mass is 304 g/mol. The Labute approximate surface area is 123 Å². The first kappa shape index (κ1) is 13.6. The highest BCUT2D eigenvalue weighted by Gasteiger charge is 2.19. The van der Waals surface area contributed by atoms with Crippen LogP contribution in [-0.2, 0) is 0 Å².